The lowest BCUT2D eigenvalue weighted by atomic mass is 10.1. The molecular weight excluding hydrogens is 319 g/mol. The molecule has 0 radical (unpaired) electrons. The number of rotatable bonds is 5. The van der Waals surface area contributed by atoms with Crippen LogP contribution in [0, 0.1) is 19.7 Å². The Morgan fingerprint density at radius 2 is 2.00 bits per heavy atom. The van der Waals surface area contributed by atoms with Crippen LogP contribution in [0.2, 0.25) is 5.02 Å². The van der Waals surface area contributed by atoms with Crippen LogP contribution < -0.4 is 10.2 Å². The number of hydrogen-bond donors (Lipinski definition) is 1. The number of ether oxygens (including phenoxy) is 1. The molecule has 0 bridgehead atoms. The van der Waals surface area contributed by atoms with Crippen LogP contribution >= 0.6 is 11.6 Å². The van der Waals surface area contributed by atoms with Gasteiger partial charge in [-0.15, -0.1) is 0 Å². The third kappa shape index (κ3) is 5.07. The highest BCUT2D eigenvalue weighted by atomic mass is 35.5. The van der Waals surface area contributed by atoms with Gasteiger partial charge in [0.1, 0.15) is 11.6 Å². The monoisotopic (exact) mass is 334 g/mol. The normalized spacial score (nSPS) is 10.8. The Morgan fingerprint density at radius 3 is 2.65 bits per heavy atom. The molecule has 0 spiro atoms. The van der Waals surface area contributed by atoms with Crippen molar-refractivity contribution in [2.75, 3.05) is 6.61 Å². The van der Waals surface area contributed by atoms with Gasteiger partial charge in [-0.05, 0) is 54.8 Å². The van der Waals surface area contributed by atoms with Crippen LogP contribution in [0.4, 0.5) is 4.39 Å². The number of amides is 1. The van der Waals surface area contributed by atoms with E-state index in [1.807, 2.05) is 13.8 Å². The Bertz CT molecular complexity index is 724. The molecule has 6 heteroatoms. The van der Waals surface area contributed by atoms with Gasteiger partial charge in [-0.25, -0.2) is 9.82 Å². The van der Waals surface area contributed by atoms with Crippen molar-refractivity contribution in [2.24, 2.45) is 5.10 Å². The summed E-state index contributed by atoms with van der Waals surface area (Å²) in [7, 11) is 0. The molecule has 23 heavy (non-hydrogen) atoms. The number of nitrogens with one attached hydrogen (secondary N) is 1. The number of carbonyl (C=O) groups is 1. The van der Waals surface area contributed by atoms with Crippen LogP contribution in [0.25, 0.3) is 0 Å². The van der Waals surface area contributed by atoms with Crippen LogP contribution in [0.5, 0.6) is 5.75 Å². The molecule has 2 aromatic carbocycles. The van der Waals surface area contributed by atoms with Gasteiger partial charge in [-0.2, -0.15) is 5.10 Å². The molecule has 0 aromatic heterocycles. The minimum absolute atomic E-state index is 0.180. The van der Waals surface area contributed by atoms with Crippen LogP contribution in [0.15, 0.2) is 41.5 Å². The fourth-order valence-electron chi connectivity index (χ4n) is 1.94. The van der Waals surface area contributed by atoms with E-state index in [4.69, 9.17) is 16.3 Å². The summed E-state index contributed by atoms with van der Waals surface area (Å²) in [5.41, 5.74) is 4.63. The summed E-state index contributed by atoms with van der Waals surface area (Å²) >= 11 is 6.07. The average molecular weight is 335 g/mol. The minimum atomic E-state index is -0.414. The fourth-order valence-corrected chi connectivity index (χ4v) is 2.05. The second-order valence-electron chi connectivity index (χ2n) is 5.01. The molecule has 1 amide bonds. The maximum Gasteiger partial charge on any atom is 0.277 e. The zero-order valence-electron chi connectivity index (χ0n) is 12.8. The zero-order valence-corrected chi connectivity index (χ0v) is 13.5. The van der Waals surface area contributed by atoms with Crippen molar-refractivity contribution in [1.82, 2.24) is 5.43 Å². The van der Waals surface area contributed by atoms with E-state index in [1.54, 1.807) is 24.3 Å². The van der Waals surface area contributed by atoms with Gasteiger partial charge in [0.05, 0.1) is 6.21 Å². The largest absolute Gasteiger partial charge is 0.484 e. The van der Waals surface area contributed by atoms with Gasteiger partial charge < -0.3 is 4.74 Å². The minimum Gasteiger partial charge on any atom is -0.484 e. The van der Waals surface area contributed by atoms with Crippen molar-refractivity contribution in [2.45, 2.75) is 13.8 Å². The lowest BCUT2D eigenvalue weighted by Gasteiger charge is -2.09. The predicted molar refractivity (Wildman–Crippen MR) is 88.6 cm³/mol. The zero-order chi connectivity index (χ0) is 16.8. The lowest BCUT2D eigenvalue weighted by Crippen LogP contribution is -2.24. The molecule has 0 unspecified atom stereocenters. The number of halogens is 2. The predicted octanol–water partition coefficient (Wildman–Crippen LogP) is 3.63. The first-order valence-electron chi connectivity index (χ1n) is 6.92. The van der Waals surface area contributed by atoms with Crippen molar-refractivity contribution in [1.29, 1.82) is 0 Å². The third-order valence-electron chi connectivity index (χ3n) is 3.03. The quantitative estimate of drug-likeness (QED) is 0.670. The van der Waals surface area contributed by atoms with Crippen LogP contribution in [0.3, 0.4) is 0 Å². The standard InChI is InChI=1S/C17H16ClFN2O2/c1-11-6-15(7-12(2)17(11)18)23-10-16(22)21-20-9-13-4-3-5-14(19)8-13/h3-9H,10H2,1-2H3,(H,21,22)/b20-9+. The average Bonchev–Trinajstić information content (AvgIpc) is 2.50. The Morgan fingerprint density at radius 1 is 1.30 bits per heavy atom. The summed E-state index contributed by atoms with van der Waals surface area (Å²) in [5, 5.41) is 4.43. The maximum absolute atomic E-state index is 13.0. The molecule has 0 fully saturated rings. The van der Waals surface area contributed by atoms with Crippen LogP contribution in [-0.2, 0) is 4.79 Å². The number of hydrazone groups is 1. The lowest BCUT2D eigenvalue weighted by molar-refractivity contribution is -0.123. The molecule has 2 rings (SSSR count). The first-order valence-corrected chi connectivity index (χ1v) is 7.30. The molecule has 2 aromatic rings. The molecule has 0 heterocycles. The Labute approximate surface area is 138 Å². The molecule has 0 aliphatic rings. The molecular formula is C17H16ClFN2O2. The topological polar surface area (TPSA) is 50.7 Å². The molecule has 0 atom stereocenters. The van der Waals surface area contributed by atoms with E-state index in [9.17, 15) is 9.18 Å². The van der Waals surface area contributed by atoms with E-state index < -0.39 is 5.91 Å². The maximum atomic E-state index is 13.0. The second-order valence-corrected chi connectivity index (χ2v) is 5.39. The molecule has 4 nitrogen and oxygen atoms in total. The van der Waals surface area contributed by atoms with Gasteiger partial charge >= 0.3 is 0 Å². The Balaban J connectivity index is 1.86. The Kier molecular flexibility index (Phi) is 5.71. The highest BCUT2D eigenvalue weighted by Crippen LogP contribution is 2.25. The Hall–Kier alpha value is -2.40. The molecule has 0 saturated heterocycles. The van der Waals surface area contributed by atoms with Gasteiger partial charge in [-0.3, -0.25) is 4.79 Å². The van der Waals surface area contributed by atoms with Crippen molar-refractivity contribution in [3.05, 3.63) is 63.9 Å². The molecule has 0 aliphatic heterocycles. The summed E-state index contributed by atoms with van der Waals surface area (Å²) < 4.78 is 18.4. The second kappa shape index (κ2) is 7.74. The van der Waals surface area contributed by atoms with E-state index in [0.717, 1.165) is 11.1 Å². The first-order chi connectivity index (χ1) is 11.0. The molecule has 1 N–H and O–H groups in total. The number of aryl methyl sites for hydroxylation is 2. The molecule has 120 valence electrons. The highest BCUT2D eigenvalue weighted by Gasteiger charge is 2.06. The number of nitrogens with zero attached hydrogens (tertiary/aromatic N) is 1. The fraction of sp³-hybridized carbons (Fsp3) is 0.176. The summed E-state index contributed by atoms with van der Waals surface area (Å²) in [6.07, 6.45) is 1.36. The number of benzene rings is 2. The van der Waals surface area contributed by atoms with Gasteiger partial charge in [0.25, 0.3) is 5.91 Å². The molecule has 0 aliphatic carbocycles. The van der Waals surface area contributed by atoms with Gasteiger partial charge in [-0.1, -0.05) is 23.7 Å². The third-order valence-corrected chi connectivity index (χ3v) is 3.63. The smallest absolute Gasteiger partial charge is 0.277 e. The van der Waals surface area contributed by atoms with Crippen LogP contribution in [0.1, 0.15) is 16.7 Å². The summed E-state index contributed by atoms with van der Waals surface area (Å²) in [6.45, 7) is 3.55. The van der Waals surface area contributed by atoms with Crippen molar-refractivity contribution in [3.63, 3.8) is 0 Å². The van der Waals surface area contributed by atoms with Crippen molar-refractivity contribution in [3.8, 4) is 5.75 Å². The van der Waals surface area contributed by atoms with Gasteiger partial charge in [0, 0.05) is 5.02 Å². The first kappa shape index (κ1) is 17.0. The molecule has 0 saturated carbocycles. The van der Waals surface area contributed by atoms with Gasteiger partial charge in [0.15, 0.2) is 6.61 Å². The van der Waals surface area contributed by atoms with E-state index in [0.29, 0.717) is 16.3 Å². The van der Waals surface area contributed by atoms with E-state index in [1.165, 1.54) is 18.3 Å². The van der Waals surface area contributed by atoms with E-state index in [-0.39, 0.29) is 12.4 Å². The highest BCUT2D eigenvalue weighted by molar-refractivity contribution is 6.32. The van der Waals surface area contributed by atoms with Gasteiger partial charge in [0.2, 0.25) is 0 Å². The summed E-state index contributed by atoms with van der Waals surface area (Å²) in [6, 6.07) is 9.41. The van der Waals surface area contributed by atoms with Crippen LogP contribution in [-0.4, -0.2) is 18.7 Å². The number of hydrogen-bond acceptors (Lipinski definition) is 3. The van der Waals surface area contributed by atoms with E-state index >= 15 is 0 Å². The number of carbonyl (C=O) groups excluding carboxylic acids is 1. The summed E-state index contributed by atoms with van der Waals surface area (Å²) in [4.78, 5) is 11.7. The summed E-state index contributed by atoms with van der Waals surface area (Å²) in [5.74, 6) is -0.214. The van der Waals surface area contributed by atoms with E-state index in [2.05, 4.69) is 10.5 Å². The van der Waals surface area contributed by atoms with Crippen molar-refractivity contribution < 1.29 is 13.9 Å². The van der Waals surface area contributed by atoms with Crippen molar-refractivity contribution >= 4 is 23.7 Å². The SMILES string of the molecule is Cc1cc(OCC(=O)N/N=C/c2cccc(F)c2)cc(C)c1Cl.